The summed E-state index contributed by atoms with van der Waals surface area (Å²) in [5.74, 6) is -1.51. The fourth-order valence-electron chi connectivity index (χ4n) is 1.34. The lowest BCUT2D eigenvalue weighted by Gasteiger charge is -2.07. The summed E-state index contributed by atoms with van der Waals surface area (Å²) in [6, 6.07) is 1.48. The number of rotatable bonds is 6. The van der Waals surface area contributed by atoms with Gasteiger partial charge in [0.2, 0.25) is 0 Å². The molecule has 1 heterocycles. The first-order chi connectivity index (χ1) is 7.90. The minimum Gasteiger partial charge on any atom is -0.481 e. The fourth-order valence-corrected chi connectivity index (χ4v) is 1.34. The molecule has 0 amide bonds. The third-order valence-electron chi connectivity index (χ3n) is 2.17. The van der Waals surface area contributed by atoms with E-state index in [2.05, 4.69) is 0 Å². The monoisotopic (exact) mass is 242 g/mol. The molecule has 0 aliphatic carbocycles. The quantitative estimate of drug-likeness (QED) is 0.559. The van der Waals surface area contributed by atoms with Gasteiger partial charge in [0.05, 0.1) is 24.9 Å². The first-order valence-electron chi connectivity index (χ1n) is 4.94. The molecule has 1 aromatic rings. The fraction of sp³-hybridized carbons (Fsp3) is 0.400. The van der Waals surface area contributed by atoms with E-state index in [1.165, 1.54) is 12.1 Å². The zero-order valence-electron chi connectivity index (χ0n) is 9.00. The molecule has 0 aliphatic rings. The highest BCUT2D eigenvalue weighted by Crippen LogP contribution is 2.22. The van der Waals surface area contributed by atoms with Crippen molar-refractivity contribution in [3.8, 4) is 0 Å². The molecule has 6 N–H and O–H groups in total. The van der Waals surface area contributed by atoms with E-state index < -0.39 is 24.0 Å². The van der Waals surface area contributed by atoms with Gasteiger partial charge in [0.15, 0.2) is 0 Å². The number of nitrogens with two attached hydrogens (primary N) is 2. The van der Waals surface area contributed by atoms with Crippen LogP contribution in [0.1, 0.15) is 36.4 Å². The molecule has 0 fully saturated rings. The van der Waals surface area contributed by atoms with Crippen LogP contribution in [0.3, 0.4) is 0 Å². The summed E-state index contributed by atoms with van der Waals surface area (Å²) in [7, 11) is 0. The van der Waals surface area contributed by atoms with E-state index in [0.29, 0.717) is 0 Å². The Bertz CT molecular complexity index is 378. The van der Waals surface area contributed by atoms with E-state index >= 15 is 0 Å². The molecule has 7 nitrogen and oxygen atoms in total. The van der Waals surface area contributed by atoms with Gasteiger partial charge in [-0.2, -0.15) is 0 Å². The Morgan fingerprint density at radius 2 is 1.41 bits per heavy atom. The third-order valence-corrected chi connectivity index (χ3v) is 2.17. The van der Waals surface area contributed by atoms with Crippen LogP contribution in [0.5, 0.6) is 0 Å². The largest absolute Gasteiger partial charge is 0.481 e. The molecule has 0 saturated heterocycles. The van der Waals surface area contributed by atoms with Crippen LogP contribution in [0.4, 0.5) is 0 Å². The van der Waals surface area contributed by atoms with Gasteiger partial charge in [-0.3, -0.25) is 9.59 Å². The van der Waals surface area contributed by atoms with Crippen molar-refractivity contribution in [2.45, 2.75) is 24.9 Å². The highest BCUT2D eigenvalue weighted by molar-refractivity contribution is 5.68. The van der Waals surface area contributed by atoms with Crippen LogP contribution in [0.2, 0.25) is 0 Å². The molecule has 1 aromatic heterocycles. The summed E-state index contributed by atoms with van der Waals surface area (Å²) in [5, 5.41) is 17.1. The van der Waals surface area contributed by atoms with Gasteiger partial charge in [0, 0.05) is 0 Å². The maximum Gasteiger partial charge on any atom is 0.305 e. The SMILES string of the molecule is NC(CC(=O)O)c1ccc(C(N)CC(=O)O)o1. The Morgan fingerprint density at radius 3 is 1.71 bits per heavy atom. The first kappa shape index (κ1) is 13.2. The highest BCUT2D eigenvalue weighted by atomic mass is 16.4. The van der Waals surface area contributed by atoms with Crippen molar-refractivity contribution in [3.63, 3.8) is 0 Å². The van der Waals surface area contributed by atoms with Gasteiger partial charge >= 0.3 is 11.9 Å². The number of furan rings is 1. The number of aliphatic carboxylic acids is 2. The molecule has 1 rings (SSSR count). The summed E-state index contributed by atoms with van der Waals surface area (Å²) in [5.41, 5.74) is 11.2. The Kier molecular flexibility index (Phi) is 4.24. The Hall–Kier alpha value is -1.86. The summed E-state index contributed by atoms with van der Waals surface area (Å²) >= 11 is 0. The predicted octanol–water partition coefficient (Wildman–Crippen LogP) is 0.229. The van der Waals surface area contributed by atoms with Gasteiger partial charge in [-0.25, -0.2) is 0 Å². The second-order valence-corrected chi connectivity index (χ2v) is 3.65. The summed E-state index contributed by atoms with van der Waals surface area (Å²) in [6.07, 6.45) is -0.526. The molecule has 17 heavy (non-hydrogen) atoms. The smallest absolute Gasteiger partial charge is 0.305 e. The summed E-state index contributed by atoms with van der Waals surface area (Å²) in [4.78, 5) is 20.9. The molecule has 94 valence electrons. The van der Waals surface area contributed by atoms with Gasteiger partial charge in [0.1, 0.15) is 11.5 Å². The third kappa shape index (κ3) is 3.89. The molecule has 0 saturated carbocycles. The van der Waals surface area contributed by atoms with Crippen molar-refractivity contribution in [3.05, 3.63) is 23.7 Å². The van der Waals surface area contributed by atoms with Gasteiger partial charge in [0.25, 0.3) is 0 Å². The molecule has 0 radical (unpaired) electrons. The number of hydrogen-bond donors (Lipinski definition) is 4. The van der Waals surface area contributed by atoms with Crippen molar-refractivity contribution in [1.29, 1.82) is 0 Å². The van der Waals surface area contributed by atoms with E-state index in [0.717, 1.165) is 0 Å². The Morgan fingerprint density at radius 1 is 1.06 bits per heavy atom. The number of carbonyl (C=O) groups is 2. The molecule has 0 spiro atoms. The summed E-state index contributed by atoms with van der Waals surface area (Å²) < 4.78 is 5.23. The Balaban J connectivity index is 2.70. The van der Waals surface area contributed by atoms with Crippen LogP contribution >= 0.6 is 0 Å². The number of carboxylic acids is 2. The van der Waals surface area contributed by atoms with E-state index in [1.807, 2.05) is 0 Å². The lowest BCUT2D eigenvalue weighted by Crippen LogP contribution is -2.15. The van der Waals surface area contributed by atoms with Crippen LogP contribution < -0.4 is 11.5 Å². The standard InChI is InChI=1S/C10H14N2O5/c11-5(3-9(13)14)7-1-2-8(17-7)6(12)4-10(15)16/h1-2,5-6H,3-4,11-12H2,(H,13,14)(H,15,16). The van der Waals surface area contributed by atoms with Gasteiger partial charge in [-0.05, 0) is 12.1 Å². The zero-order valence-corrected chi connectivity index (χ0v) is 9.00. The molecule has 0 bridgehead atoms. The summed E-state index contributed by atoms with van der Waals surface area (Å²) in [6.45, 7) is 0. The maximum atomic E-state index is 10.4. The second kappa shape index (κ2) is 5.46. The van der Waals surface area contributed by atoms with Crippen LogP contribution in [-0.4, -0.2) is 22.2 Å². The molecular formula is C10H14N2O5. The van der Waals surface area contributed by atoms with Crippen molar-refractivity contribution in [2.24, 2.45) is 11.5 Å². The van der Waals surface area contributed by atoms with Gasteiger partial charge < -0.3 is 26.1 Å². The minimum absolute atomic E-state index is 0.263. The van der Waals surface area contributed by atoms with Gasteiger partial charge in [-0.15, -0.1) is 0 Å². The average Bonchev–Trinajstić information content (AvgIpc) is 2.63. The normalized spacial score (nSPS) is 14.2. The molecule has 2 atom stereocenters. The molecule has 7 heteroatoms. The van der Waals surface area contributed by atoms with E-state index in [4.69, 9.17) is 26.1 Å². The molecule has 0 aromatic carbocycles. The second-order valence-electron chi connectivity index (χ2n) is 3.65. The van der Waals surface area contributed by atoms with Crippen molar-refractivity contribution < 1.29 is 24.2 Å². The molecule has 0 aliphatic heterocycles. The topological polar surface area (TPSA) is 140 Å². The molecular weight excluding hydrogens is 228 g/mol. The lowest BCUT2D eigenvalue weighted by molar-refractivity contribution is -0.138. The Labute approximate surface area is 97.0 Å². The number of carboxylic acid groups (broad SMARTS) is 2. The highest BCUT2D eigenvalue weighted by Gasteiger charge is 2.18. The van der Waals surface area contributed by atoms with Crippen LogP contribution in [-0.2, 0) is 9.59 Å². The lowest BCUT2D eigenvalue weighted by atomic mass is 10.1. The van der Waals surface area contributed by atoms with Crippen molar-refractivity contribution in [1.82, 2.24) is 0 Å². The van der Waals surface area contributed by atoms with E-state index in [-0.39, 0.29) is 24.4 Å². The van der Waals surface area contributed by atoms with Crippen molar-refractivity contribution >= 4 is 11.9 Å². The maximum absolute atomic E-state index is 10.4. The van der Waals surface area contributed by atoms with E-state index in [9.17, 15) is 9.59 Å². The van der Waals surface area contributed by atoms with Crippen LogP contribution in [0, 0.1) is 0 Å². The first-order valence-corrected chi connectivity index (χ1v) is 4.94. The average molecular weight is 242 g/mol. The van der Waals surface area contributed by atoms with Gasteiger partial charge in [-0.1, -0.05) is 0 Å². The van der Waals surface area contributed by atoms with E-state index in [1.54, 1.807) is 0 Å². The predicted molar refractivity (Wildman–Crippen MR) is 57.1 cm³/mol. The number of hydrogen-bond acceptors (Lipinski definition) is 5. The van der Waals surface area contributed by atoms with Crippen molar-refractivity contribution in [2.75, 3.05) is 0 Å². The van der Waals surface area contributed by atoms with Crippen LogP contribution in [0.15, 0.2) is 16.5 Å². The minimum atomic E-state index is -1.04. The molecule has 2 unspecified atom stereocenters. The van der Waals surface area contributed by atoms with Crippen LogP contribution in [0.25, 0.3) is 0 Å². The zero-order chi connectivity index (χ0) is 13.0.